The fraction of sp³-hybridized carbons (Fsp3) is 0.318. The summed E-state index contributed by atoms with van der Waals surface area (Å²) in [6, 6.07) is 11.2. The van der Waals surface area contributed by atoms with Gasteiger partial charge in [0, 0.05) is 13.1 Å². The number of rotatable bonds is 4. The number of hydrogen-bond donors (Lipinski definition) is 0. The minimum absolute atomic E-state index is 0.123. The summed E-state index contributed by atoms with van der Waals surface area (Å²) >= 11 is 0. The summed E-state index contributed by atoms with van der Waals surface area (Å²) in [5.41, 5.74) is -0.712. The average Bonchev–Trinajstić information content (AvgIpc) is 2.77. The Morgan fingerprint density at radius 2 is 1.83 bits per heavy atom. The van der Waals surface area contributed by atoms with Crippen molar-refractivity contribution in [2.75, 3.05) is 26.3 Å². The highest BCUT2D eigenvalue weighted by atomic mass is 19.1. The van der Waals surface area contributed by atoms with E-state index in [0.29, 0.717) is 38.2 Å². The van der Waals surface area contributed by atoms with Gasteiger partial charge < -0.3 is 9.64 Å². The second-order valence-corrected chi connectivity index (χ2v) is 7.15. The number of carbonyl (C=O) groups is 1. The second-order valence-electron chi connectivity index (χ2n) is 7.15. The molecule has 1 aliphatic heterocycles. The van der Waals surface area contributed by atoms with Gasteiger partial charge in [-0.15, -0.1) is 0 Å². The van der Waals surface area contributed by atoms with Gasteiger partial charge in [-0.2, -0.15) is 0 Å². The van der Waals surface area contributed by atoms with Crippen molar-refractivity contribution in [3.8, 4) is 5.69 Å². The SMILES string of the molecule is CC[C@H](C(=O)N1CCOCC1)n1c(=O)n(-c2cccc(F)c2)c(=O)c2ccccc21. The highest BCUT2D eigenvalue weighted by Gasteiger charge is 2.29. The molecular formula is C22H22FN3O4. The number of aromatic nitrogens is 2. The van der Waals surface area contributed by atoms with Crippen LogP contribution in [0.25, 0.3) is 16.6 Å². The number of hydrogen-bond acceptors (Lipinski definition) is 4. The third kappa shape index (κ3) is 3.43. The van der Waals surface area contributed by atoms with Crippen LogP contribution in [-0.4, -0.2) is 46.2 Å². The maximum atomic E-state index is 13.8. The van der Waals surface area contributed by atoms with Gasteiger partial charge in [-0.25, -0.2) is 13.8 Å². The Labute approximate surface area is 171 Å². The van der Waals surface area contributed by atoms with Crippen LogP contribution in [0, 0.1) is 5.82 Å². The van der Waals surface area contributed by atoms with Gasteiger partial charge >= 0.3 is 5.69 Å². The van der Waals surface area contributed by atoms with Crippen LogP contribution in [-0.2, 0) is 9.53 Å². The number of benzene rings is 2. The Hall–Kier alpha value is -3.26. The first-order valence-corrected chi connectivity index (χ1v) is 9.91. The average molecular weight is 411 g/mol. The molecule has 1 aromatic heterocycles. The van der Waals surface area contributed by atoms with Crippen molar-refractivity contribution < 1.29 is 13.9 Å². The van der Waals surface area contributed by atoms with E-state index in [1.54, 1.807) is 29.2 Å². The largest absolute Gasteiger partial charge is 0.378 e. The van der Waals surface area contributed by atoms with E-state index in [2.05, 4.69) is 0 Å². The number of halogens is 1. The number of fused-ring (bicyclic) bond motifs is 1. The van der Waals surface area contributed by atoms with Gasteiger partial charge in [0.1, 0.15) is 11.9 Å². The third-order valence-electron chi connectivity index (χ3n) is 5.37. The van der Waals surface area contributed by atoms with Crippen molar-refractivity contribution >= 4 is 16.8 Å². The molecule has 1 fully saturated rings. The monoisotopic (exact) mass is 411 g/mol. The Morgan fingerprint density at radius 1 is 1.10 bits per heavy atom. The molecule has 0 saturated carbocycles. The van der Waals surface area contributed by atoms with E-state index in [4.69, 9.17) is 4.74 Å². The smallest absolute Gasteiger partial charge is 0.336 e. The van der Waals surface area contributed by atoms with E-state index in [1.165, 1.54) is 22.8 Å². The van der Waals surface area contributed by atoms with Crippen molar-refractivity contribution in [3.05, 3.63) is 75.2 Å². The molecule has 8 heteroatoms. The summed E-state index contributed by atoms with van der Waals surface area (Å²) in [5, 5.41) is 0.287. The van der Waals surface area contributed by atoms with E-state index in [-0.39, 0.29) is 17.0 Å². The van der Waals surface area contributed by atoms with Crippen LogP contribution in [0.2, 0.25) is 0 Å². The molecule has 0 aliphatic carbocycles. The Kier molecular flexibility index (Phi) is 5.50. The van der Waals surface area contributed by atoms with Crippen molar-refractivity contribution in [3.63, 3.8) is 0 Å². The normalized spacial score (nSPS) is 15.3. The predicted molar refractivity (Wildman–Crippen MR) is 110 cm³/mol. The van der Waals surface area contributed by atoms with Gasteiger partial charge in [-0.1, -0.05) is 25.1 Å². The number of ether oxygens (including phenoxy) is 1. The lowest BCUT2D eigenvalue weighted by Crippen LogP contribution is -2.48. The maximum Gasteiger partial charge on any atom is 0.336 e. The van der Waals surface area contributed by atoms with E-state index in [0.717, 1.165) is 10.6 Å². The standard InChI is InChI=1S/C22H22FN3O4/c1-2-18(21(28)24-10-12-30-13-11-24)26-19-9-4-3-8-17(19)20(27)25(22(26)29)16-7-5-6-15(23)14-16/h3-9,14,18H,2,10-13H2,1H3/t18-/m1/s1. The lowest BCUT2D eigenvalue weighted by molar-refractivity contribution is -0.139. The summed E-state index contributed by atoms with van der Waals surface area (Å²) in [5.74, 6) is -0.757. The van der Waals surface area contributed by atoms with E-state index in [1.807, 2.05) is 6.92 Å². The van der Waals surface area contributed by atoms with Gasteiger partial charge in [0.2, 0.25) is 5.91 Å². The third-order valence-corrected chi connectivity index (χ3v) is 5.37. The molecule has 2 heterocycles. The molecule has 1 aliphatic rings. The molecule has 0 radical (unpaired) electrons. The zero-order valence-electron chi connectivity index (χ0n) is 16.6. The van der Waals surface area contributed by atoms with Gasteiger partial charge in [0.05, 0.1) is 29.8 Å². The summed E-state index contributed by atoms with van der Waals surface area (Å²) < 4.78 is 21.4. The van der Waals surface area contributed by atoms with Crippen LogP contribution in [0.3, 0.4) is 0 Å². The zero-order valence-corrected chi connectivity index (χ0v) is 16.6. The number of carbonyl (C=O) groups excluding carboxylic acids is 1. The molecule has 0 unspecified atom stereocenters. The fourth-order valence-corrected chi connectivity index (χ4v) is 3.89. The number of para-hydroxylation sites is 1. The van der Waals surface area contributed by atoms with Crippen LogP contribution < -0.4 is 11.2 Å². The lowest BCUT2D eigenvalue weighted by Gasteiger charge is -2.31. The maximum absolute atomic E-state index is 13.8. The molecule has 7 nitrogen and oxygen atoms in total. The summed E-state index contributed by atoms with van der Waals surface area (Å²) in [4.78, 5) is 41.6. The minimum atomic E-state index is -0.791. The molecule has 0 spiro atoms. The lowest BCUT2D eigenvalue weighted by atomic mass is 10.1. The number of amides is 1. The molecule has 1 amide bonds. The molecular weight excluding hydrogens is 389 g/mol. The second kappa shape index (κ2) is 8.23. The Bertz CT molecular complexity index is 1210. The van der Waals surface area contributed by atoms with E-state index in [9.17, 15) is 18.8 Å². The number of nitrogens with zero attached hydrogens (tertiary/aromatic N) is 3. The Balaban J connectivity index is 1.98. The zero-order chi connectivity index (χ0) is 21.3. The van der Waals surface area contributed by atoms with Crippen LogP contribution >= 0.6 is 0 Å². The first-order chi connectivity index (χ1) is 14.5. The Morgan fingerprint density at radius 3 is 2.53 bits per heavy atom. The van der Waals surface area contributed by atoms with Crippen molar-refractivity contribution in [2.24, 2.45) is 0 Å². The van der Waals surface area contributed by atoms with Crippen molar-refractivity contribution in [1.29, 1.82) is 0 Å². The molecule has 0 bridgehead atoms. The molecule has 156 valence electrons. The highest BCUT2D eigenvalue weighted by Crippen LogP contribution is 2.20. The van der Waals surface area contributed by atoms with E-state index >= 15 is 0 Å². The van der Waals surface area contributed by atoms with Crippen LogP contribution in [0.1, 0.15) is 19.4 Å². The molecule has 4 rings (SSSR count). The summed E-state index contributed by atoms with van der Waals surface area (Å²) in [6.45, 7) is 3.61. The van der Waals surface area contributed by atoms with Gasteiger partial charge in [0.15, 0.2) is 0 Å². The fourth-order valence-electron chi connectivity index (χ4n) is 3.89. The van der Waals surface area contributed by atoms with Crippen LogP contribution in [0.5, 0.6) is 0 Å². The first kappa shape index (κ1) is 20.0. The minimum Gasteiger partial charge on any atom is -0.378 e. The van der Waals surface area contributed by atoms with Gasteiger partial charge in [-0.3, -0.25) is 14.2 Å². The molecule has 1 atom stereocenters. The van der Waals surface area contributed by atoms with Gasteiger partial charge in [0.25, 0.3) is 5.56 Å². The van der Waals surface area contributed by atoms with Crippen LogP contribution in [0.4, 0.5) is 4.39 Å². The number of morpholine rings is 1. The van der Waals surface area contributed by atoms with Crippen molar-refractivity contribution in [2.45, 2.75) is 19.4 Å². The van der Waals surface area contributed by atoms with Crippen LogP contribution in [0.15, 0.2) is 58.1 Å². The molecule has 0 N–H and O–H groups in total. The quantitative estimate of drug-likeness (QED) is 0.659. The first-order valence-electron chi connectivity index (χ1n) is 9.91. The van der Waals surface area contributed by atoms with E-state index < -0.39 is 23.1 Å². The molecule has 1 saturated heterocycles. The molecule has 30 heavy (non-hydrogen) atoms. The topological polar surface area (TPSA) is 73.5 Å². The molecule has 2 aromatic carbocycles. The van der Waals surface area contributed by atoms with Crippen molar-refractivity contribution in [1.82, 2.24) is 14.0 Å². The highest BCUT2D eigenvalue weighted by molar-refractivity contribution is 5.84. The predicted octanol–water partition coefficient (Wildman–Crippen LogP) is 2.10. The summed E-state index contributed by atoms with van der Waals surface area (Å²) in [6.07, 6.45) is 0.363. The van der Waals surface area contributed by atoms with Gasteiger partial charge in [-0.05, 0) is 36.8 Å². The summed E-state index contributed by atoms with van der Waals surface area (Å²) in [7, 11) is 0. The molecule has 3 aromatic rings.